The first kappa shape index (κ1) is 29.3. The highest BCUT2D eigenvalue weighted by molar-refractivity contribution is 9.11. The number of aromatic hydroxyl groups is 1. The number of halogens is 1. The number of fused-ring (bicyclic) bond motifs is 4. The molecular formula is C31H18BrN3O10S. The van der Waals surface area contributed by atoms with Crippen LogP contribution in [-0.2, 0) is 11.8 Å². The number of phenolic OH excluding ortho intramolecular Hbond substituents is 1. The van der Waals surface area contributed by atoms with Crippen molar-refractivity contribution in [2.24, 2.45) is 5.10 Å². The number of H-pyrrole nitrogens is 1. The normalized spacial score (nSPS) is 17.0. The van der Waals surface area contributed by atoms with Gasteiger partial charge in [0.25, 0.3) is 11.5 Å². The van der Waals surface area contributed by atoms with Gasteiger partial charge in [0.05, 0.1) is 53.9 Å². The number of thiophene rings is 1. The van der Waals surface area contributed by atoms with Crippen LogP contribution in [0.4, 0.5) is 0 Å². The van der Waals surface area contributed by atoms with E-state index in [-0.39, 0.29) is 34.9 Å². The number of aryl methyl sites for hydroxylation is 1. The molecule has 15 heteroatoms. The molecule has 7 rings (SSSR count). The molecule has 0 aliphatic heterocycles. The van der Waals surface area contributed by atoms with Crippen LogP contribution in [0, 0.1) is 10.4 Å². The van der Waals surface area contributed by atoms with E-state index in [1.807, 2.05) is 0 Å². The number of nitrogens with zero attached hydrogens (tertiary/aromatic N) is 1. The van der Waals surface area contributed by atoms with E-state index in [9.17, 15) is 44.1 Å². The molecule has 13 nitrogen and oxygen atoms in total. The first-order valence-electron chi connectivity index (χ1n) is 13.5. The lowest BCUT2D eigenvalue weighted by molar-refractivity contribution is 0.0959. The number of aromatic amines is 1. The molecule has 1 spiro atoms. The maximum atomic E-state index is 13.6. The van der Waals surface area contributed by atoms with Gasteiger partial charge in [0.2, 0.25) is 16.3 Å². The number of hydrogen-bond acceptors (Lipinski definition) is 12. The lowest BCUT2D eigenvalue weighted by atomic mass is 9.78. The van der Waals surface area contributed by atoms with Gasteiger partial charge in [-0.3, -0.25) is 28.8 Å². The van der Waals surface area contributed by atoms with Crippen molar-refractivity contribution in [3.05, 3.63) is 128 Å². The third-order valence-corrected chi connectivity index (χ3v) is 10.1. The van der Waals surface area contributed by atoms with Crippen molar-refractivity contribution in [2.45, 2.75) is 18.3 Å². The summed E-state index contributed by atoms with van der Waals surface area (Å²) in [5.74, 6) is -3.12. The van der Waals surface area contributed by atoms with Gasteiger partial charge < -0.3 is 25.0 Å². The number of nitrogens with one attached hydrogen (secondary N) is 2. The Morgan fingerprint density at radius 2 is 1.70 bits per heavy atom. The summed E-state index contributed by atoms with van der Waals surface area (Å²) in [4.78, 5) is 81.4. The molecule has 0 saturated heterocycles. The van der Waals surface area contributed by atoms with Crippen molar-refractivity contribution >= 4 is 61.7 Å². The van der Waals surface area contributed by atoms with Crippen molar-refractivity contribution < 1.29 is 24.9 Å². The van der Waals surface area contributed by atoms with E-state index in [0.29, 0.717) is 10.4 Å². The Labute approximate surface area is 266 Å². The van der Waals surface area contributed by atoms with Crippen molar-refractivity contribution in [3.8, 4) is 11.5 Å². The number of carbonyl (C=O) groups is 1. The van der Waals surface area contributed by atoms with Crippen LogP contribution >= 0.6 is 27.3 Å². The monoisotopic (exact) mass is 703 g/mol. The number of pyridine rings is 1. The average molecular weight is 704 g/mol. The second-order valence-electron chi connectivity index (χ2n) is 10.7. The van der Waals surface area contributed by atoms with Crippen molar-refractivity contribution in [2.75, 3.05) is 7.11 Å². The van der Waals surface area contributed by atoms with Crippen LogP contribution in [0.1, 0.15) is 32.9 Å². The molecule has 0 saturated carbocycles. The molecule has 5 N–H and O–H groups in total. The van der Waals surface area contributed by atoms with Crippen molar-refractivity contribution in [1.29, 1.82) is 0 Å². The third-order valence-electron chi connectivity index (χ3n) is 8.44. The number of aliphatic hydroxyl groups is 2. The van der Waals surface area contributed by atoms with E-state index in [4.69, 9.17) is 4.74 Å². The summed E-state index contributed by atoms with van der Waals surface area (Å²) in [6.45, 7) is 0. The van der Waals surface area contributed by atoms with Crippen LogP contribution < -0.4 is 47.9 Å². The van der Waals surface area contributed by atoms with Crippen LogP contribution in [0.15, 0.2) is 63.2 Å². The first-order valence-corrected chi connectivity index (χ1v) is 15.1. The molecular weight excluding hydrogens is 686 g/mol. The van der Waals surface area contributed by atoms with E-state index in [1.54, 1.807) is 18.2 Å². The topological polar surface area (TPSA) is 213 Å². The highest BCUT2D eigenvalue weighted by Crippen LogP contribution is 2.54. The molecule has 0 unspecified atom stereocenters. The Morgan fingerprint density at radius 3 is 2.35 bits per heavy atom. The summed E-state index contributed by atoms with van der Waals surface area (Å²) in [6.07, 6.45) is 1.21. The maximum Gasteiger partial charge on any atom is 0.281 e. The number of methoxy groups -OCH3 is 1. The standard InChI is InChI=1S/C31H18BrN3O10S/c1-45-14-8-13(36)18-19(23(14)37)25(39)21-20(24(18)38)27(41)31(28(21)42)5-4-10-6-11-7-12(34-30(44)17(11)26(40)22(10)31)9-33-35-29(43)15-2-3-16(32)46-15/h2-3,6-9,40-42H,4-5H2,1H3,(H,34,44)(H,35,43)/b33-9+/t31-/m0/s1. The van der Waals surface area contributed by atoms with E-state index in [0.717, 1.165) is 17.0 Å². The minimum atomic E-state index is -2.00. The second-order valence-corrected chi connectivity index (χ2v) is 13.2. The predicted molar refractivity (Wildman–Crippen MR) is 170 cm³/mol. The SMILES string of the molecule is COc1cc(=O)c2c(=O)c3c(c(=O)c=2c1=O)=C(O)[C@]1(CCc2cc4cc(/C=N/NC(=O)c5ccc(Br)s5)[nH]c(=O)c4c(O)c21)C=3O. The molecule has 2 heterocycles. The van der Waals surface area contributed by atoms with Gasteiger partial charge in [0.15, 0.2) is 11.2 Å². The number of carbonyl (C=O) groups excluding carboxylic acids is 1. The van der Waals surface area contributed by atoms with Crippen molar-refractivity contribution in [3.63, 3.8) is 0 Å². The van der Waals surface area contributed by atoms with Gasteiger partial charge in [-0.2, -0.15) is 5.10 Å². The number of benzene rings is 1. The third kappa shape index (κ3) is 3.81. The number of phenols is 1. The Hall–Kier alpha value is -5.41. The molecule has 1 amide bonds. The van der Waals surface area contributed by atoms with E-state index >= 15 is 0 Å². The number of rotatable bonds is 4. The molecule has 1 atom stereocenters. The minimum Gasteiger partial charge on any atom is -0.510 e. The molecule has 1 aromatic carbocycles. The molecule has 46 heavy (non-hydrogen) atoms. The fraction of sp³-hybridized carbons (Fsp3) is 0.129. The molecule has 0 fully saturated rings. The number of aromatic nitrogens is 1. The van der Waals surface area contributed by atoms with Gasteiger partial charge in [-0.15, -0.1) is 11.3 Å². The quantitative estimate of drug-likeness (QED) is 0.126. The van der Waals surface area contributed by atoms with Crippen LogP contribution in [0.2, 0.25) is 0 Å². The first-order chi connectivity index (χ1) is 21.9. The summed E-state index contributed by atoms with van der Waals surface area (Å²) in [5, 5.41) is 35.7. The Kier molecular flexibility index (Phi) is 6.40. The van der Waals surface area contributed by atoms with Crippen LogP contribution in [0.5, 0.6) is 11.5 Å². The van der Waals surface area contributed by atoms with Gasteiger partial charge in [-0.05, 0) is 57.9 Å². The predicted octanol–water partition coefficient (Wildman–Crippen LogP) is 0.102. The molecule has 3 aromatic rings. The zero-order chi connectivity index (χ0) is 32.8. The Balaban J connectivity index is 1.41. The lowest BCUT2D eigenvalue weighted by Crippen LogP contribution is -2.51. The summed E-state index contributed by atoms with van der Waals surface area (Å²) in [6, 6.07) is 7.14. The molecule has 2 aromatic heterocycles. The Morgan fingerprint density at radius 1 is 1.00 bits per heavy atom. The zero-order valence-corrected chi connectivity index (χ0v) is 25.7. The number of ether oxygens (including phenoxy) is 1. The fourth-order valence-electron chi connectivity index (χ4n) is 6.49. The average Bonchev–Trinajstić information content (AvgIpc) is 3.68. The molecule has 0 bridgehead atoms. The van der Waals surface area contributed by atoms with Gasteiger partial charge >= 0.3 is 0 Å². The van der Waals surface area contributed by atoms with E-state index < -0.39 is 82.5 Å². The van der Waals surface area contributed by atoms with E-state index in [2.05, 4.69) is 31.4 Å². The zero-order valence-electron chi connectivity index (χ0n) is 23.3. The summed E-state index contributed by atoms with van der Waals surface area (Å²) < 4.78 is 5.65. The fourth-order valence-corrected chi connectivity index (χ4v) is 7.77. The number of hydrogen-bond donors (Lipinski definition) is 5. The highest BCUT2D eigenvalue weighted by Gasteiger charge is 2.53. The lowest BCUT2D eigenvalue weighted by Gasteiger charge is -2.27. The maximum absolute atomic E-state index is 13.6. The van der Waals surface area contributed by atoms with E-state index in [1.165, 1.54) is 23.6 Å². The molecule has 4 aliphatic carbocycles. The molecule has 230 valence electrons. The number of amides is 1. The number of hydrazone groups is 1. The van der Waals surface area contributed by atoms with Crippen LogP contribution in [0.25, 0.3) is 22.3 Å². The molecule has 4 aliphatic rings. The van der Waals surface area contributed by atoms with Gasteiger partial charge in [-0.1, -0.05) is 6.07 Å². The second kappa shape index (κ2) is 10.1. The highest BCUT2D eigenvalue weighted by atomic mass is 79.9. The summed E-state index contributed by atoms with van der Waals surface area (Å²) in [5.41, 5.74) is -4.24. The Bertz CT molecular complexity index is 2740. The van der Waals surface area contributed by atoms with Gasteiger partial charge in [-0.25, -0.2) is 5.43 Å². The summed E-state index contributed by atoms with van der Waals surface area (Å²) >= 11 is 4.48. The van der Waals surface area contributed by atoms with Crippen LogP contribution in [-0.4, -0.2) is 39.5 Å². The van der Waals surface area contributed by atoms with Crippen LogP contribution in [0.3, 0.4) is 0 Å². The van der Waals surface area contributed by atoms with Gasteiger partial charge in [0.1, 0.15) is 22.7 Å². The summed E-state index contributed by atoms with van der Waals surface area (Å²) in [7, 11) is 1.11. The van der Waals surface area contributed by atoms with Crippen molar-refractivity contribution in [1.82, 2.24) is 10.4 Å². The van der Waals surface area contributed by atoms with Gasteiger partial charge in [0, 0.05) is 11.6 Å². The molecule has 0 radical (unpaired) electrons. The smallest absolute Gasteiger partial charge is 0.281 e. The minimum absolute atomic E-state index is 0.0994. The number of aliphatic hydroxyl groups excluding tert-OH is 2. The largest absolute Gasteiger partial charge is 0.510 e.